The highest BCUT2D eigenvalue weighted by atomic mass is 16.1. The molecule has 130 valence electrons. The summed E-state index contributed by atoms with van der Waals surface area (Å²) in [6.45, 7) is 11.6. The van der Waals surface area contributed by atoms with Crippen LogP contribution in [0.1, 0.15) is 18.3 Å². The molecule has 1 aromatic carbocycles. The summed E-state index contributed by atoms with van der Waals surface area (Å²) < 4.78 is 1.73. The lowest BCUT2D eigenvalue weighted by molar-refractivity contribution is 0.912. The van der Waals surface area contributed by atoms with Crippen molar-refractivity contribution in [3.8, 4) is 11.1 Å². The summed E-state index contributed by atoms with van der Waals surface area (Å²) in [6, 6.07) is 12.0. The molecule has 2 aromatic heterocycles. The van der Waals surface area contributed by atoms with Crippen molar-refractivity contribution in [3.63, 3.8) is 0 Å². The minimum atomic E-state index is -0.0441. The van der Waals surface area contributed by atoms with Gasteiger partial charge >= 0.3 is 0 Å². The fourth-order valence-corrected chi connectivity index (χ4v) is 3.27. The van der Waals surface area contributed by atoms with Gasteiger partial charge in [-0.1, -0.05) is 44.4 Å². The molecule has 0 aliphatic heterocycles. The van der Waals surface area contributed by atoms with Crippen molar-refractivity contribution >= 4 is 16.5 Å². The third-order valence-electron chi connectivity index (χ3n) is 4.45. The Balaban J connectivity index is 2.45. The van der Waals surface area contributed by atoms with Crippen LogP contribution < -0.4 is 5.56 Å². The third-order valence-corrected chi connectivity index (χ3v) is 4.45. The van der Waals surface area contributed by atoms with Gasteiger partial charge < -0.3 is 0 Å². The maximum absolute atomic E-state index is 13.5. The van der Waals surface area contributed by atoms with Gasteiger partial charge in [-0.05, 0) is 60.2 Å². The van der Waals surface area contributed by atoms with Crippen molar-refractivity contribution in [1.29, 1.82) is 0 Å². The molecule has 0 bridgehead atoms. The number of aryl methyl sites for hydroxylation is 2. The molecule has 0 saturated heterocycles. The smallest absolute Gasteiger partial charge is 0.263 e. The summed E-state index contributed by atoms with van der Waals surface area (Å²) >= 11 is 0. The molecule has 0 radical (unpaired) electrons. The highest BCUT2D eigenvalue weighted by Crippen LogP contribution is 2.28. The van der Waals surface area contributed by atoms with Gasteiger partial charge in [0.2, 0.25) is 0 Å². The molecular weight excluding hydrogens is 320 g/mol. The SMILES string of the molecule is C=C/C=C(\C=C)n1c(CC)cc2cccc(-c3ccnc(C)c3)c2c1=O. The highest BCUT2D eigenvalue weighted by molar-refractivity contribution is 5.96. The Hall–Kier alpha value is -3.20. The van der Waals surface area contributed by atoms with Gasteiger partial charge in [0.1, 0.15) is 0 Å². The summed E-state index contributed by atoms with van der Waals surface area (Å²) in [7, 11) is 0. The summed E-state index contributed by atoms with van der Waals surface area (Å²) in [5.41, 5.74) is 4.45. The molecular formula is C23H22N2O. The number of rotatable bonds is 5. The molecule has 0 unspecified atom stereocenters. The second-order valence-electron chi connectivity index (χ2n) is 6.12. The summed E-state index contributed by atoms with van der Waals surface area (Å²) in [5.74, 6) is 0. The van der Waals surface area contributed by atoms with E-state index >= 15 is 0 Å². The molecule has 0 aliphatic carbocycles. The van der Waals surface area contributed by atoms with Crippen molar-refractivity contribution in [2.75, 3.05) is 0 Å². The predicted molar refractivity (Wildman–Crippen MR) is 110 cm³/mol. The molecule has 3 rings (SSSR count). The van der Waals surface area contributed by atoms with Crippen LogP contribution in [-0.4, -0.2) is 9.55 Å². The summed E-state index contributed by atoms with van der Waals surface area (Å²) in [5, 5.41) is 1.64. The topological polar surface area (TPSA) is 34.9 Å². The van der Waals surface area contributed by atoms with E-state index in [0.29, 0.717) is 5.39 Å². The minimum Gasteiger partial charge on any atom is -0.281 e. The minimum absolute atomic E-state index is 0.0441. The molecule has 0 atom stereocenters. The maximum atomic E-state index is 13.5. The zero-order chi connectivity index (χ0) is 18.7. The van der Waals surface area contributed by atoms with Crippen LogP contribution in [0.2, 0.25) is 0 Å². The largest absolute Gasteiger partial charge is 0.281 e. The molecule has 0 spiro atoms. The molecule has 2 heterocycles. The van der Waals surface area contributed by atoms with Crippen LogP contribution in [0.25, 0.3) is 27.6 Å². The van der Waals surface area contributed by atoms with Crippen LogP contribution in [0, 0.1) is 6.92 Å². The van der Waals surface area contributed by atoms with E-state index in [1.165, 1.54) is 0 Å². The van der Waals surface area contributed by atoms with Crippen LogP contribution in [0.5, 0.6) is 0 Å². The molecule has 3 heteroatoms. The highest BCUT2D eigenvalue weighted by Gasteiger charge is 2.14. The number of fused-ring (bicyclic) bond motifs is 1. The van der Waals surface area contributed by atoms with Gasteiger partial charge in [-0.2, -0.15) is 0 Å². The van der Waals surface area contributed by atoms with E-state index in [-0.39, 0.29) is 5.56 Å². The average molecular weight is 342 g/mol. The lowest BCUT2D eigenvalue weighted by Crippen LogP contribution is -2.23. The molecule has 0 aliphatic rings. The first-order valence-electron chi connectivity index (χ1n) is 8.67. The molecule has 26 heavy (non-hydrogen) atoms. The van der Waals surface area contributed by atoms with Gasteiger partial charge in [0, 0.05) is 23.3 Å². The van der Waals surface area contributed by atoms with Gasteiger partial charge in [-0.3, -0.25) is 14.3 Å². The van der Waals surface area contributed by atoms with Crippen molar-refractivity contribution in [2.45, 2.75) is 20.3 Å². The standard InChI is InChI=1S/C23H22N2O/c1-5-9-19(6-2)25-20(7-3)15-18-10-8-11-21(22(18)23(25)26)17-12-13-24-16(4)14-17/h5-6,8-15H,1-2,7H2,3-4H3/b19-9+. The molecule has 3 nitrogen and oxygen atoms in total. The Morgan fingerprint density at radius 2 is 2.04 bits per heavy atom. The normalized spacial score (nSPS) is 11.5. The van der Waals surface area contributed by atoms with Gasteiger partial charge in [-0.15, -0.1) is 0 Å². The molecule has 0 fully saturated rings. The van der Waals surface area contributed by atoms with Crippen molar-refractivity contribution < 1.29 is 0 Å². The molecule has 0 amide bonds. The van der Waals surface area contributed by atoms with Crippen LogP contribution in [0.4, 0.5) is 0 Å². The summed E-state index contributed by atoms with van der Waals surface area (Å²) in [6.07, 6.45) is 7.68. The van der Waals surface area contributed by atoms with E-state index in [0.717, 1.165) is 40.0 Å². The first-order chi connectivity index (χ1) is 12.6. The van der Waals surface area contributed by atoms with E-state index < -0.39 is 0 Å². The summed E-state index contributed by atoms with van der Waals surface area (Å²) in [4.78, 5) is 17.7. The number of aromatic nitrogens is 2. The fraction of sp³-hybridized carbons (Fsp3) is 0.130. The van der Waals surface area contributed by atoms with E-state index in [1.54, 1.807) is 29.0 Å². The Bertz CT molecular complexity index is 1090. The number of nitrogens with zero attached hydrogens (tertiary/aromatic N) is 2. The van der Waals surface area contributed by atoms with Crippen molar-refractivity contribution in [3.05, 3.63) is 95.7 Å². The Morgan fingerprint density at radius 1 is 1.23 bits per heavy atom. The monoisotopic (exact) mass is 342 g/mol. The second kappa shape index (κ2) is 7.36. The Kier molecular flexibility index (Phi) is 4.99. The fourth-order valence-electron chi connectivity index (χ4n) is 3.27. The lowest BCUT2D eigenvalue weighted by Gasteiger charge is -2.16. The second-order valence-corrected chi connectivity index (χ2v) is 6.12. The van der Waals surface area contributed by atoms with Crippen LogP contribution >= 0.6 is 0 Å². The van der Waals surface area contributed by atoms with Gasteiger partial charge in [-0.25, -0.2) is 0 Å². The number of benzene rings is 1. The Labute approximate surface area is 153 Å². The molecule has 0 N–H and O–H groups in total. The average Bonchev–Trinajstić information content (AvgIpc) is 2.66. The quantitative estimate of drug-likeness (QED) is 0.601. The number of allylic oxidation sites excluding steroid dienone is 4. The number of pyridine rings is 2. The zero-order valence-corrected chi connectivity index (χ0v) is 15.2. The van der Waals surface area contributed by atoms with Crippen LogP contribution in [-0.2, 0) is 6.42 Å². The third kappa shape index (κ3) is 3.04. The van der Waals surface area contributed by atoms with Crippen molar-refractivity contribution in [1.82, 2.24) is 9.55 Å². The van der Waals surface area contributed by atoms with E-state index in [4.69, 9.17) is 0 Å². The number of hydrogen-bond donors (Lipinski definition) is 0. The first kappa shape index (κ1) is 17.6. The van der Waals surface area contributed by atoms with Gasteiger partial charge in [0.15, 0.2) is 0 Å². The van der Waals surface area contributed by atoms with Gasteiger partial charge in [0.25, 0.3) is 5.56 Å². The molecule has 0 saturated carbocycles. The lowest BCUT2D eigenvalue weighted by atomic mass is 9.98. The van der Waals surface area contributed by atoms with Crippen molar-refractivity contribution in [2.24, 2.45) is 0 Å². The van der Waals surface area contributed by atoms with E-state index in [2.05, 4.69) is 24.2 Å². The zero-order valence-electron chi connectivity index (χ0n) is 15.2. The van der Waals surface area contributed by atoms with Gasteiger partial charge in [0.05, 0.1) is 5.39 Å². The van der Waals surface area contributed by atoms with E-state index in [1.807, 2.05) is 44.2 Å². The Morgan fingerprint density at radius 3 is 2.69 bits per heavy atom. The van der Waals surface area contributed by atoms with E-state index in [9.17, 15) is 4.79 Å². The van der Waals surface area contributed by atoms with Crippen LogP contribution in [0.15, 0.2) is 78.8 Å². The van der Waals surface area contributed by atoms with Crippen LogP contribution in [0.3, 0.4) is 0 Å². The predicted octanol–water partition coefficient (Wildman–Crippen LogP) is 5.15. The number of hydrogen-bond acceptors (Lipinski definition) is 2. The first-order valence-corrected chi connectivity index (χ1v) is 8.67. The molecule has 3 aromatic rings. The maximum Gasteiger partial charge on any atom is 0.263 e.